The minimum absolute atomic E-state index is 0.0726. The first-order valence-electron chi connectivity index (χ1n) is 12.1. The van der Waals surface area contributed by atoms with E-state index in [2.05, 4.69) is 69.3 Å². The summed E-state index contributed by atoms with van der Waals surface area (Å²) < 4.78 is 12.6. The number of hydrogen-bond donors (Lipinski definition) is 1. The van der Waals surface area contributed by atoms with E-state index in [-0.39, 0.29) is 5.04 Å². The molecule has 4 heteroatoms. The van der Waals surface area contributed by atoms with Crippen molar-refractivity contribution >= 4 is 18.7 Å². The fourth-order valence-electron chi connectivity index (χ4n) is 4.39. The third-order valence-electron chi connectivity index (χ3n) is 6.29. The standard InChI is InChI=1S/C30H38O3Si/c1-25(20-22-32-24-26-14-8-5-9-15-26)29(31)21-23-33-34(30(2,3)4,27-16-10-6-11-17-27)28-18-12-7-13-19-28/h5-20,29,31H,21-24H2,1-4H3/b25-20+/t29-/m1/s1. The molecule has 0 aliphatic carbocycles. The molecule has 180 valence electrons. The second-order valence-corrected chi connectivity index (χ2v) is 14.1. The molecule has 0 fully saturated rings. The van der Waals surface area contributed by atoms with Crippen LogP contribution >= 0.6 is 0 Å². The first-order valence-corrected chi connectivity index (χ1v) is 14.0. The van der Waals surface area contributed by atoms with E-state index < -0.39 is 14.4 Å². The molecule has 3 aromatic rings. The SMILES string of the molecule is C/C(=C\COCc1ccccc1)[C@H](O)CCO[Si](c1ccccc1)(c1ccccc1)C(C)(C)C. The quantitative estimate of drug-likeness (QED) is 0.227. The summed E-state index contributed by atoms with van der Waals surface area (Å²) in [4.78, 5) is 0. The van der Waals surface area contributed by atoms with Gasteiger partial charge in [-0.1, -0.05) is 118 Å². The van der Waals surface area contributed by atoms with Crippen LogP contribution in [-0.2, 0) is 15.8 Å². The number of benzene rings is 3. The van der Waals surface area contributed by atoms with E-state index in [1.54, 1.807) is 0 Å². The van der Waals surface area contributed by atoms with Crippen LogP contribution in [0.15, 0.2) is 103 Å². The highest BCUT2D eigenvalue weighted by Crippen LogP contribution is 2.36. The molecule has 34 heavy (non-hydrogen) atoms. The summed E-state index contributed by atoms with van der Waals surface area (Å²) >= 11 is 0. The van der Waals surface area contributed by atoms with Gasteiger partial charge < -0.3 is 14.3 Å². The molecule has 0 bridgehead atoms. The van der Waals surface area contributed by atoms with E-state index in [0.29, 0.717) is 26.2 Å². The van der Waals surface area contributed by atoms with Gasteiger partial charge in [-0.15, -0.1) is 0 Å². The normalized spacial score (nSPS) is 13.6. The Kier molecular flexibility index (Phi) is 9.42. The highest BCUT2D eigenvalue weighted by Gasteiger charge is 2.50. The molecule has 3 aromatic carbocycles. The molecule has 0 aromatic heterocycles. The minimum Gasteiger partial charge on any atom is -0.407 e. The predicted molar refractivity (Wildman–Crippen MR) is 144 cm³/mol. The zero-order chi connectivity index (χ0) is 24.4. The van der Waals surface area contributed by atoms with Gasteiger partial charge in [0.25, 0.3) is 8.32 Å². The van der Waals surface area contributed by atoms with Crippen molar-refractivity contribution in [2.45, 2.75) is 51.9 Å². The van der Waals surface area contributed by atoms with Gasteiger partial charge in [0.15, 0.2) is 0 Å². The van der Waals surface area contributed by atoms with Crippen molar-refractivity contribution in [2.24, 2.45) is 0 Å². The molecule has 1 N–H and O–H groups in total. The highest BCUT2D eigenvalue weighted by atomic mass is 28.4. The molecule has 0 unspecified atom stereocenters. The first-order chi connectivity index (χ1) is 16.3. The fraction of sp³-hybridized carbons (Fsp3) is 0.333. The van der Waals surface area contributed by atoms with Crippen LogP contribution in [0.5, 0.6) is 0 Å². The lowest BCUT2D eigenvalue weighted by Gasteiger charge is -2.43. The molecule has 3 rings (SSSR count). The van der Waals surface area contributed by atoms with E-state index in [1.807, 2.05) is 55.5 Å². The molecular weight excluding hydrogens is 436 g/mol. The van der Waals surface area contributed by atoms with Gasteiger partial charge in [-0.25, -0.2) is 0 Å². The molecule has 0 saturated heterocycles. The van der Waals surface area contributed by atoms with Crippen molar-refractivity contribution in [2.75, 3.05) is 13.2 Å². The Bertz CT molecular complexity index is 972. The molecule has 0 heterocycles. The van der Waals surface area contributed by atoms with Gasteiger partial charge in [0.1, 0.15) is 0 Å². The Morgan fingerprint density at radius 2 is 1.35 bits per heavy atom. The number of aliphatic hydroxyl groups is 1. The molecule has 0 spiro atoms. The van der Waals surface area contributed by atoms with Gasteiger partial charge in [-0.3, -0.25) is 0 Å². The Hall–Kier alpha value is -2.50. The van der Waals surface area contributed by atoms with Crippen molar-refractivity contribution in [1.29, 1.82) is 0 Å². The zero-order valence-corrected chi connectivity index (χ0v) is 21.9. The van der Waals surface area contributed by atoms with E-state index in [9.17, 15) is 5.11 Å². The van der Waals surface area contributed by atoms with Gasteiger partial charge in [-0.05, 0) is 39.9 Å². The average Bonchev–Trinajstić information content (AvgIpc) is 2.85. The number of hydrogen-bond acceptors (Lipinski definition) is 3. The predicted octanol–water partition coefficient (Wildman–Crippen LogP) is 5.48. The van der Waals surface area contributed by atoms with Gasteiger partial charge in [0, 0.05) is 6.61 Å². The lowest BCUT2D eigenvalue weighted by atomic mass is 10.1. The molecule has 3 nitrogen and oxygen atoms in total. The lowest BCUT2D eigenvalue weighted by Crippen LogP contribution is -2.66. The maximum absolute atomic E-state index is 10.8. The van der Waals surface area contributed by atoms with Crippen LogP contribution in [-0.4, -0.2) is 32.7 Å². The minimum atomic E-state index is -2.57. The first kappa shape index (κ1) is 26.1. The van der Waals surface area contributed by atoms with Crippen LogP contribution in [0.4, 0.5) is 0 Å². The third kappa shape index (κ3) is 6.54. The maximum atomic E-state index is 10.8. The van der Waals surface area contributed by atoms with E-state index >= 15 is 0 Å². The number of rotatable bonds is 11. The summed E-state index contributed by atoms with van der Waals surface area (Å²) in [6, 6.07) is 31.3. The summed E-state index contributed by atoms with van der Waals surface area (Å²) in [6.45, 7) is 10.3. The molecule has 0 aliphatic heterocycles. The van der Waals surface area contributed by atoms with Crippen molar-refractivity contribution in [3.63, 3.8) is 0 Å². The van der Waals surface area contributed by atoms with E-state index in [4.69, 9.17) is 9.16 Å². The number of ether oxygens (including phenoxy) is 1. The Labute approximate surface area is 206 Å². The van der Waals surface area contributed by atoms with Gasteiger partial charge in [0.05, 0.1) is 19.3 Å². The second-order valence-electron chi connectivity index (χ2n) is 9.77. The van der Waals surface area contributed by atoms with E-state index in [0.717, 1.165) is 11.1 Å². The summed E-state index contributed by atoms with van der Waals surface area (Å²) in [5, 5.41) is 13.2. The molecule has 0 saturated carbocycles. The van der Waals surface area contributed by atoms with Gasteiger partial charge >= 0.3 is 0 Å². The van der Waals surface area contributed by atoms with Crippen molar-refractivity contribution < 1.29 is 14.3 Å². The van der Waals surface area contributed by atoms with Crippen LogP contribution in [0.25, 0.3) is 0 Å². The smallest absolute Gasteiger partial charge is 0.261 e. The third-order valence-corrected chi connectivity index (χ3v) is 11.3. The average molecular weight is 475 g/mol. The highest BCUT2D eigenvalue weighted by molar-refractivity contribution is 6.99. The van der Waals surface area contributed by atoms with E-state index in [1.165, 1.54) is 10.4 Å². The topological polar surface area (TPSA) is 38.7 Å². The Morgan fingerprint density at radius 1 is 0.853 bits per heavy atom. The summed E-state index contributed by atoms with van der Waals surface area (Å²) in [6.07, 6.45) is 1.96. The summed E-state index contributed by atoms with van der Waals surface area (Å²) in [7, 11) is -2.57. The number of aliphatic hydroxyl groups excluding tert-OH is 1. The van der Waals surface area contributed by atoms with Crippen LogP contribution in [0.3, 0.4) is 0 Å². The molecule has 1 atom stereocenters. The van der Waals surface area contributed by atoms with Crippen molar-refractivity contribution in [3.05, 3.63) is 108 Å². The van der Waals surface area contributed by atoms with Crippen LogP contribution in [0.2, 0.25) is 5.04 Å². The van der Waals surface area contributed by atoms with Crippen molar-refractivity contribution in [1.82, 2.24) is 0 Å². The summed E-state index contributed by atoms with van der Waals surface area (Å²) in [5.41, 5.74) is 2.06. The Balaban J connectivity index is 1.67. The second kappa shape index (κ2) is 12.3. The zero-order valence-electron chi connectivity index (χ0n) is 20.9. The van der Waals surface area contributed by atoms with Crippen LogP contribution in [0, 0.1) is 0 Å². The summed E-state index contributed by atoms with van der Waals surface area (Å²) in [5.74, 6) is 0. The molecule has 0 amide bonds. The van der Waals surface area contributed by atoms with Gasteiger partial charge in [0.2, 0.25) is 0 Å². The largest absolute Gasteiger partial charge is 0.407 e. The molecule has 0 aliphatic rings. The van der Waals surface area contributed by atoms with Gasteiger partial charge in [-0.2, -0.15) is 0 Å². The monoisotopic (exact) mass is 474 g/mol. The molecular formula is C30H38O3Si. The fourth-order valence-corrected chi connectivity index (χ4v) is 8.97. The Morgan fingerprint density at radius 3 is 1.85 bits per heavy atom. The van der Waals surface area contributed by atoms with Crippen molar-refractivity contribution in [3.8, 4) is 0 Å². The van der Waals surface area contributed by atoms with Crippen LogP contribution < -0.4 is 10.4 Å². The van der Waals surface area contributed by atoms with Crippen LogP contribution in [0.1, 0.15) is 39.7 Å². The lowest BCUT2D eigenvalue weighted by molar-refractivity contribution is 0.142. The molecule has 0 radical (unpaired) electrons. The maximum Gasteiger partial charge on any atom is 0.261 e.